The predicted molar refractivity (Wildman–Crippen MR) is 72.7 cm³/mol. The molecule has 4 aromatic rings. The summed E-state index contributed by atoms with van der Waals surface area (Å²) in [5, 5.41) is 0. The molecule has 0 saturated heterocycles. The molecule has 2 aromatic heterocycles. The van der Waals surface area contributed by atoms with E-state index in [9.17, 15) is 0 Å². The van der Waals surface area contributed by atoms with Gasteiger partial charge in [0.15, 0.2) is 0 Å². The van der Waals surface area contributed by atoms with Gasteiger partial charge in [0.2, 0.25) is 0 Å². The zero-order chi connectivity index (χ0) is 12.7. The minimum atomic E-state index is 0. The molecule has 0 aliphatic heterocycles. The molecule has 0 unspecified atom stereocenters. The minimum absolute atomic E-state index is 0. The van der Waals surface area contributed by atoms with Crippen LogP contribution in [0.25, 0.3) is 22.1 Å². The van der Waals surface area contributed by atoms with E-state index in [4.69, 9.17) is 0 Å². The number of rotatable bonds is 2. The number of fused-ring (bicyclic) bond motifs is 2. The summed E-state index contributed by atoms with van der Waals surface area (Å²) in [7, 11) is 0. The Balaban J connectivity index is 0.000000807. The van der Waals surface area contributed by atoms with Crippen LogP contribution in [0.5, 0.6) is 0 Å². The number of H-pyrrole nitrogens is 2. The SMILES string of the molecule is [Am].[Am].[c-]1ccc2[nH]c(Cc3nc4c[c-]ccc4[nH]3)nc2c1. The van der Waals surface area contributed by atoms with Gasteiger partial charge >= 0.3 is 0 Å². The molecule has 6 heteroatoms. The molecule has 4 rings (SSSR count). The van der Waals surface area contributed by atoms with E-state index in [1.54, 1.807) is 0 Å². The Hall–Kier alpha value is -1.84. The van der Waals surface area contributed by atoms with Crippen LogP contribution in [0.3, 0.4) is 0 Å². The Bertz CT molecular complexity index is 728. The monoisotopic (exact) mass is 728 g/mol. The van der Waals surface area contributed by atoms with Gasteiger partial charge in [-0.15, -0.1) is 24.3 Å². The Morgan fingerprint density at radius 1 is 0.810 bits per heavy atom. The number of imidazole rings is 2. The van der Waals surface area contributed by atoms with Crippen LogP contribution in [0.1, 0.15) is 11.6 Å². The van der Waals surface area contributed by atoms with Gasteiger partial charge in [-0.25, -0.2) is 0 Å². The summed E-state index contributed by atoms with van der Waals surface area (Å²) in [6.45, 7) is 0. The van der Waals surface area contributed by atoms with Gasteiger partial charge < -0.3 is 9.97 Å². The van der Waals surface area contributed by atoms with Gasteiger partial charge in [-0.2, -0.15) is 24.3 Å². The van der Waals surface area contributed by atoms with Crippen LogP contribution in [0.4, 0.5) is 0 Å². The Morgan fingerprint density at radius 2 is 1.29 bits per heavy atom. The molecular formula is C15H10Am2N4-2. The maximum Gasteiger partial charge on any atom is 0.0991 e. The second-order valence-corrected chi connectivity index (χ2v) is 4.43. The van der Waals surface area contributed by atoms with Gasteiger partial charge in [0, 0.05) is 28.6 Å². The number of nitrogens with zero attached hydrogens (tertiary/aromatic N) is 2. The fourth-order valence-corrected chi connectivity index (χ4v) is 2.22. The van der Waals surface area contributed by atoms with E-state index >= 15 is 0 Å². The second kappa shape index (κ2) is 6.29. The van der Waals surface area contributed by atoms with Gasteiger partial charge in [-0.1, -0.05) is 0 Å². The average molecular weight is 732 g/mol. The number of aromatic nitrogens is 4. The molecule has 2 radical (unpaired) electrons. The van der Waals surface area contributed by atoms with Gasteiger partial charge in [-0.05, 0) is 22.1 Å². The van der Waals surface area contributed by atoms with Crippen molar-refractivity contribution in [3.05, 3.63) is 60.2 Å². The van der Waals surface area contributed by atoms with E-state index in [-0.39, 0.29) is 28.6 Å². The first-order chi connectivity index (χ1) is 9.38. The standard InChI is InChI=1S/C15H10N4.2Am/c1-2-6-11-10(5-1)16-14(17-11)9-15-18-12-7-3-4-8-13(12)19-15;;/h1,3,5-8H,9H2,(H,16,17)(H,18,19);;/q-2;;. The van der Waals surface area contributed by atoms with Gasteiger partial charge in [0.05, 0.1) is 18.1 Å². The molecule has 21 heavy (non-hydrogen) atoms. The van der Waals surface area contributed by atoms with Crippen LogP contribution in [-0.2, 0) is 6.42 Å². The molecule has 0 amide bonds. The molecule has 0 aliphatic rings. The maximum atomic E-state index is 4.52. The van der Waals surface area contributed by atoms with E-state index in [0.717, 1.165) is 33.7 Å². The number of aromatic amines is 2. The van der Waals surface area contributed by atoms with Crippen molar-refractivity contribution in [2.45, 2.75) is 6.42 Å². The smallest absolute Gasteiger partial charge is 0.0991 e. The fourth-order valence-electron chi connectivity index (χ4n) is 2.22. The van der Waals surface area contributed by atoms with Crippen LogP contribution in [-0.4, -0.2) is 19.9 Å². The third kappa shape index (κ3) is 2.94. The van der Waals surface area contributed by atoms with Crippen LogP contribution in [0, 0.1) is 40.7 Å². The van der Waals surface area contributed by atoms with Crippen molar-refractivity contribution in [1.82, 2.24) is 19.9 Å². The fraction of sp³-hybridized carbons (Fsp3) is 0.0667. The minimum Gasteiger partial charge on any atom is -0.365 e. The van der Waals surface area contributed by atoms with Crippen molar-refractivity contribution < 1.29 is 28.6 Å². The van der Waals surface area contributed by atoms with E-state index in [0.29, 0.717) is 6.42 Å². The topological polar surface area (TPSA) is 57.4 Å². The van der Waals surface area contributed by atoms with Crippen LogP contribution in [0.2, 0.25) is 0 Å². The van der Waals surface area contributed by atoms with Crippen molar-refractivity contribution in [2.24, 2.45) is 0 Å². The summed E-state index contributed by atoms with van der Waals surface area (Å²) in [4.78, 5) is 15.6. The van der Waals surface area contributed by atoms with E-state index in [1.807, 2.05) is 36.4 Å². The molecule has 0 atom stereocenters. The van der Waals surface area contributed by atoms with Crippen molar-refractivity contribution in [3.8, 4) is 0 Å². The third-order valence-corrected chi connectivity index (χ3v) is 3.09. The summed E-state index contributed by atoms with van der Waals surface area (Å²) in [5.74, 6) is 1.80. The largest absolute Gasteiger partial charge is 0.365 e. The zero-order valence-corrected chi connectivity index (χ0v) is 17.1. The van der Waals surface area contributed by atoms with Gasteiger partial charge in [0.25, 0.3) is 0 Å². The quantitative estimate of drug-likeness (QED) is 0.312. The second-order valence-electron chi connectivity index (χ2n) is 4.43. The van der Waals surface area contributed by atoms with Crippen LogP contribution >= 0.6 is 0 Å². The molecule has 0 spiro atoms. The summed E-state index contributed by atoms with van der Waals surface area (Å²) in [6.07, 6.45) is 0.656. The maximum absolute atomic E-state index is 4.52. The van der Waals surface area contributed by atoms with Crippen molar-refractivity contribution >= 4 is 22.1 Å². The third-order valence-electron chi connectivity index (χ3n) is 3.09. The number of benzene rings is 2. The normalized spacial score (nSPS) is 10.3. The first kappa shape index (κ1) is 15.5. The number of hydrogen-bond donors (Lipinski definition) is 2. The average Bonchev–Trinajstić information content (AvgIpc) is 3.00. The molecule has 4 nitrogen and oxygen atoms in total. The van der Waals surface area contributed by atoms with Gasteiger partial charge in [0.1, 0.15) is 0 Å². The summed E-state index contributed by atoms with van der Waals surface area (Å²) >= 11 is 0. The summed E-state index contributed by atoms with van der Waals surface area (Å²) in [5.41, 5.74) is 3.92. The molecule has 0 saturated carbocycles. The molecular weight excluding hydrogens is 722 g/mol. The van der Waals surface area contributed by atoms with E-state index in [2.05, 4.69) is 32.1 Å². The van der Waals surface area contributed by atoms with E-state index < -0.39 is 0 Å². The Kier molecular flexibility index (Phi) is 4.66. The van der Waals surface area contributed by atoms with Crippen molar-refractivity contribution in [1.29, 1.82) is 0 Å². The molecule has 0 bridgehead atoms. The molecule has 106 valence electrons. The summed E-state index contributed by atoms with van der Waals surface area (Å²) in [6, 6.07) is 17.5. The molecule has 2 N–H and O–H groups in total. The molecule has 2 aromatic carbocycles. The van der Waals surface area contributed by atoms with Crippen molar-refractivity contribution in [3.63, 3.8) is 0 Å². The first-order valence-electron chi connectivity index (χ1n) is 6.08. The van der Waals surface area contributed by atoms with Gasteiger partial charge in [-0.3, -0.25) is 9.97 Å². The zero-order valence-electron chi connectivity index (χ0n) is 10.8. The molecule has 2 heterocycles. The molecule has 0 fully saturated rings. The Morgan fingerprint density at radius 3 is 1.71 bits per heavy atom. The van der Waals surface area contributed by atoms with Crippen LogP contribution < -0.4 is 0 Å². The number of hydrogen-bond acceptors (Lipinski definition) is 2. The Labute approximate surface area is 137 Å². The van der Waals surface area contributed by atoms with E-state index in [1.165, 1.54) is 0 Å². The van der Waals surface area contributed by atoms with Crippen molar-refractivity contribution in [2.75, 3.05) is 0 Å². The number of nitrogens with one attached hydrogen (secondary N) is 2. The predicted octanol–water partition coefficient (Wildman–Crippen LogP) is 2.63. The van der Waals surface area contributed by atoms with Crippen LogP contribution in [0.15, 0.2) is 36.4 Å². The molecule has 0 aliphatic carbocycles. The summed E-state index contributed by atoms with van der Waals surface area (Å²) < 4.78 is 0. The first-order valence-corrected chi connectivity index (χ1v) is 6.08.